The van der Waals surface area contributed by atoms with Crippen molar-refractivity contribution in [1.82, 2.24) is 5.43 Å². The zero-order valence-corrected chi connectivity index (χ0v) is 19.5. The van der Waals surface area contributed by atoms with Crippen LogP contribution in [0.4, 0.5) is 11.4 Å². The molecular formula is C24H20Cl2N4O4. The maximum absolute atomic E-state index is 12.0. The maximum Gasteiger partial charge on any atom is 0.329 e. The van der Waals surface area contributed by atoms with Crippen molar-refractivity contribution in [3.63, 3.8) is 0 Å². The summed E-state index contributed by atoms with van der Waals surface area (Å²) in [4.78, 5) is 35.9. The lowest BCUT2D eigenvalue weighted by atomic mass is 10.2. The molecule has 0 heterocycles. The van der Waals surface area contributed by atoms with Gasteiger partial charge in [-0.05, 0) is 61.0 Å². The summed E-state index contributed by atoms with van der Waals surface area (Å²) in [6, 6.07) is 18.7. The third kappa shape index (κ3) is 7.33. The molecule has 0 aliphatic rings. The molecular weight excluding hydrogens is 479 g/mol. The van der Waals surface area contributed by atoms with Gasteiger partial charge in [-0.1, -0.05) is 47.0 Å². The molecule has 3 amide bonds. The lowest BCUT2D eigenvalue weighted by Crippen LogP contribution is -2.32. The van der Waals surface area contributed by atoms with E-state index >= 15 is 0 Å². The van der Waals surface area contributed by atoms with Gasteiger partial charge in [0, 0.05) is 5.69 Å². The number of anilines is 2. The molecule has 0 spiro atoms. The van der Waals surface area contributed by atoms with Crippen molar-refractivity contribution in [1.29, 1.82) is 0 Å². The second-order valence-corrected chi connectivity index (χ2v) is 7.81. The van der Waals surface area contributed by atoms with Gasteiger partial charge in [-0.2, -0.15) is 5.10 Å². The number of halogens is 2. The van der Waals surface area contributed by atoms with Crippen molar-refractivity contribution in [2.24, 2.45) is 5.10 Å². The van der Waals surface area contributed by atoms with Crippen LogP contribution in [-0.4, -0.2) is 30.5 Å². The van der Waals surface area contributed by atoms with Crippen molar-refractivity contribution in [2.45, 2.75) is 6.92 Å². The zero-order chi connectivity index (χ0) is 24.5. The Morgan fingerprint density at radius 3 is 2.32 bits per heavy atom. The number of nitrogens with one attached hydrogen (secondary N) is 3. The first-order valence-electron chi connectivity index (χ1n) is 9.99. The summed E-state index contributed by atoms with van der Waals surface area (Å²) in [7, 11) is 0. The summed E-state index contributed by atoms with van der Waals surface area (Å²) in [5, 5.41) is 9.23. The molecule has 3 aromatic rings. The number of ether oxygens (including phenoxy) is 1. The lowest BCUT2D eigenvalue weighted by molar-refractivity contribution is -0.136. The largest absolute Gasteiger partial charge is 0.484 e. The second-order valence-electron chi connectivity index (χ2n) is 7.03. The lowest BCUT2D eigenvalue weighted by Gasteiger charge is -2.08. The van der Waals surface area contributed by atoms with Gasteiger partial charge in [0.25, 0.3) is 5.91 Å². The van der Waals surface area contributed by atoms with Gasteiger partial charge in [-0.25, -0.2) is 5.43 Å². The molecule has 3 N–H and O–H groups in total. The third-order valence-corrected chi connectivity index (χ3v) is 5.19. The van der Waals surface area contributed by atoms with Crippen LogP contribution in [0.3, 0.4) is 0 Å². The van der Waals surface area contributed by atoms with Crippen molar-refractivity contribution in [3.05, 3.63) is 87.9 Å². The normalized spacial score (nSPS) is 10.6. The monoisotopic (exact) mass is 498 g/mol. The highest BCUT2D eigenvalue weighted by Crippen LogP contribution is 2.29. The fraction of sp³-hybridized carbons (Fsp3) is 0.0833. The molecule has 0 saturated carbocycles. The number of carbonyl (C=O) groups excluding carboxylic acids is 3. The van der Waals surface area contributed by atoms with Gasteiger partial charge in [0.2, 0.25) is 0 Å². The first kappa shape index (κ1) is 24.8. The van der Waals surface area contributed by atoms with Gasteiger partial charge in [0.1, 0.15) is 5.75 Å². The molecule has 174 valence electrons. The molecule has 0 bridgehead atoms. The number of benzene rings is 3. The number of hydrazone groups is 1. The van der Waals surface area contributed by atoms with Crippen molar-refractivity contribution in [2.75, 3.05) is 17.2 Å². The standard InChI is InChI=1S/C24H20Cl2N4O4/c1-15-5-9-17(10-6-15)28-21(31)14-34-18-11-7-16(8-12-18)13-27-30-24(33)23(32)29-20-4-2-3-19(25)22(20)26/h2-13H,14H2,1H3,(H,28,31)(H,29,32)(H,30,33)/b27-13-. The minimum absolute atomic E-state index is 0.128. The molecule has 0 aliphatic heterocycles. The Balaban J connectivity index is 1.44. The molecule has 3 aromatic carbocycles. The van der Waals surface area contributed by atoms with Crippen molar-refractivity contribution < 1.29 is 19.1 Å². The first-order valence-corrected chi connectivity index (χ1v) is 10.7. The predicted molar refractivity (Wildman–Crippen MR) is 133 cm³/mol. The molecule has 0 atom stereocenters. The summed E-state index contributed by atoms with van der Waals surface area (Å²) in [6.07, 6.45) is 1.35. The van der Waals surface area contributed by atoms with E-state index in [1.807, 2.05) is 31.2 Å². The number of hydrogen-bond acceptors (Lipinski definition) is 5. The Bertz CT molecular complexity index is 1210. The third-order valence-electron chi connectivity index (χ3n) is 4.37. The second kappa shape index (κ2) is 11.8. The van der Waals surface area contributed by atoms with Crippen LogP contribution in [0, 0.1) is 6.92 Å². The number of carbonyl (C=O) groups is 3. The molecule has 10 heteroatoms. The van der Waals surface area contributed by atoms with Gasteiger partial charge in [-0.3, -0.25) is 14.4 Å². The Kier molecular flexibility index (Phi) is 8.61. The van der Waals surface area contributed by atoms with Crippen LogP contribution in [0.1, 0.15) is 11.1 Å². The minimum Gasteiger partial charge on any atom is -0.484 e. The molecule has 0 radical (unpaired) electrons. The highest BCUT2D eigenvalue weighted by molar-refractivity contribution is 6.45. The van der Waals surface area contributed by atoms with Gasteiger partial charge in [0.05, 0.1) is 21.9 Å². The zero-order valence-electron chi connectivity index (χ0n) is 18.0. The van der Waals surface area contributed by atoms with Gasteiger partial charge in [0.15, 0.2) is 6.61 Å². The Morgan fingerprint density at radius 2 is 1.62 bits per heavy atom. The maximum atomic E-state index is 12.0. The predicted octanol–water partition coefficient (Wildman–Crippen LogP) is 4.41. The molecule has 8 nitrogen and oxygen atoms in total. The first-order chi connectivity index (χ1) is 16.3. The fourth-order valence-corrected chi connectivity index (χ4v) is 2.98. The molecule has 34 heavy (non-hydrogen) atoms. The van der Waals surface area contributed by atoms with E-state index in [0.717, 1.165) is 5.56 Å². The van der Waals surface area contributed by atoms with Crippen LogP contribution < -0.4 is 20.8 Å². The van der Waals surface area contributed by atoms with Crippen molar-refractivity contribution >= 4 is 58.5 Å². The van der Waals surface area contributed by atoms with Crippen LogP contribution in [0.15, 0.2) is 71.8 Å². The number of aryl methyl sites for hydroxylation is 1. The minimum atomic E-state index is -0.980. The van der Waals surface area contributed by atoms with E-state index < -0.39 is 11.8 Å². The molecule has 0 aromatic heterocycles. The number of rotatable bonds is 7. The molecule has 0 saturated heterocycles. The molecule has 0 fully saturated rings. The average molecular weight is 499 g/mol. The van der Waals surface area contributed by atoms with Crippen LogP contribution >= 0.6 is 23.2 Å². The summed E-state index contributed by atoms with van der Waals surface area (Å²) in [6.45, 7) is 1.82. The Labute approximate surface area is 205 Å². The molecule has 0 aliphatic carbocycles. The van der Waals surface area contributed by atoms with E-state index in [2.05, 4.69) is 21.2 Å². The highest BCUT2D eigenvalue weighted by Gasteiger charge is 2.15. The summed E-state index contributed by atoms with van der Waals surface area (Å²) in [5.41, 5.74) is 4.76. The van der Waals surface area contributed by atoms with Gasteiger partial charge < -0.3 is 15.4 Å². The van der Waals surface area contributed by atoms with E-state index in [-0.39, 0.29) is 28.2 Å². The number of nitrogens with zero attached hydrogens (tertiary/aromatic N) is 1. The summed E-state index contributed by atoms with van der Waals surface area (Å²) in [5.74, 6) is -1.73. The van der Waals surface area contributed by atoms with E-state index in [4.69, 9.17) is 27.9 Å². The quantitative estimate of drug-likeness (QED) is 0.254. The Morgan fingerprint density at radius 1 is 0.912 bits per heavy atom. The van der Waals surface area contributed by atoms with E-state index in [1.165, 1.54) is 12.3 Å². The molecule has 3 rings (SSSR count). The van der Waals surface area contributed by atoms with Crippen LogP contribution in [0.2, 0.25) is 10.0 Å². The van der Waals surface area contributed by atoms with Gasteiger partial charge in [-0.15, -0.1) is 0 Å². The van der Waals surface area contributed by atoms with Crippen LogP contribution in [-0.2, 0) is 14.4 Å². The number of hydrogen-bond donors (Lipinski definition) is 3. The molecule has 0 unspecified atom stereocenters. The van der Waals surface area contributed by atoms with Crippen molar-refractivity contribution in [3.8, 4) is 5.75 Å². The van der Waals surface area contributed by atoms with Gasteiger partial charge >= 0.3 is 11.8 Å². The van der Waals surface area contributed by atoms with E-state index in [1.54, 1.807) is 36.4 Å². The average Bonchev–Trinajstić information content (AvgIpc) is 2.83. The van der Waals surface area contributed by atoms with E-state index in [0.29, 0.717) is 17.0 Å². The summed E-state index contributed by atoms with van der Waals surface area (Å²) >= 11 is 11.9. The van der Waals surface area contributed by atoms with E-state index in [9.17, 15) is 14.4 Å². The number of amides is 3. The SMILES string of the molecule is Cc1ccc(NC(=O)COc2ccc(/C=N\NC(=O)C(=O)Nc3cccc(Cl)c3Cl)cc2)cc1. The fourth-order valence-electron chi connectivity index (χ4n) is 2.63. The highest BCUT2D eigenvalue weighted by atomic mass is 35.5. The smallest absolute Gasteiger partial charge is 0.329 e. The summed E-state index contributed by atoms with van der Waals surface area (Å²) < 4.78 is 5.47. The Hall–Kier alpha value is -3.88. The van der Waals surface area contributed by atoms with Crippen LogP contribution in [0.5, 0.6) is 5.75 Å². The van der Waals surface area contributed by atoms with Crippen LogP contribution in [0.25, 0.3) is 0 Å². The topological polar surface area (TPSA) is 109 Å².